The Morgan fingerprint density at radius 2 is 2.00 bits per heavy atom. The lowest BCUT2D eigenvalue weighted by atomic mass is 10.0. The molecule has 0 atom stereocenters. The van der Waals surface area contributed by atoms with E-state index >= 15 is 0 Å². The van der Waals surface area contributed by atoms with Crippen molar-refractivity contribution >= 4 is 38.8 Å². The van der Waals surface area contributed by atoms with Gasteiger partial charge in [0.1, 0.15) is 11.4 Å². The molecule has 4 rings (SSSR count). The smallest absolute Gasteiger partial charge is 0.263 e. The summed E-state index contributed by atoms with van der Waals surface area (Å²) in [5.41, 5.74) is 4.08. The van der Waals surface area contributed by atoms with Crippen LogP contribution in [0.5, 0.6) is 0 Å². The largest absolute Gasteiger partial charge is 0.339 e. The maximum atomic E-state index is 13.2. The van der Waals surface area contributed by atoms with E-state index in [1.165, 1.54) is 33.4 Å². The summed E-state index contributed by atoms with van der Waals surface area (Å²) in [7, 11) is 1.75. The van der Waals surface area contributed by atoms with Gasteiger partial charge in [-0.1, -0.05) is 24.3 Å². The summed E-state index contributed by atoms with van der Waals surface area (Å²) in [6.45, 7) is 4.64. The van der Waals surface area contributed by atoms with Gasteiger partial charge >= 0.3 is 0 Å². The van der Waals surface area contributed by atoms with Crippen molar-refractivity contribution in [1.82, 2.24) is 14.5 Å². The first kappa shape index (κ1) is 19.5. The molecule has 1 aromatic carbocycles. The molecule has 0 bridgehead atoms. The molecule has 3 aromatic heterocycles. The molecule has 7 heteroatoms. The van der Waals surface area contributed by atoms with Gasteiger partial charge in [0.25, 0.3) is 5.56 Å². The lowest BCUT2D eigenvalue weighted by Gasteiger charge is -2.17. The Balaban J connectivity index is 1.66. The molecule has 0 aliphatic heterocycles. The molecular formula is C22H21N3O2S2. The van der Waals surface area contributed by atoms with Crippen LogP contribution in [-0.4, -0.2) is 27.4 Å². The Kier molecular flexibility index (Phi) is 5.34. The fourth-order valence-corrected chi connectivity index (χ4v) is 4.86. The Bertz CT molecular complexity index is 1240. The number of thiophene rings is 2. The third-order valence-corrected chi connectivity index (χ3v) is 6.83. The fraction of sp³-hybridized carbons (Fsp3) is 0.227. The predicted molar refractivity (Wildman–Crippen MR) is 120 cm³/mol. The molecule has 5 nitrogen and oxygen atoms in total. The number of carbonyl (C=O) groups is 1. The topological polar surface area (TPSA) is 55.2 Å². The first-order valence-electron chi connectivity index (χ1n) is 9.24. The normalized spacial score (nSPS) is 11.1. The van der Waals surface area contributed by atoms with Gasteiger partial charge < -0.3 is 4.90 Å². The quantitative estimate of drug-likeness (QED) is 0.476. The van der Waals surface area contributed by atoms with E-state index in [4.69, 9.17) is 0 Å². The van der Waals surface area contributed by atoms with Crippen LogP contribution in [0, 0.1) is 13.8 Å². The average Bonchev–Trinajstić information content (AvgIpc) is 3.36. The standard InChI is InChI=1S/C22H21N3O2S2/c1-14-6-7-16(9-15(14)2)18-12-29-21-20(18)22(27)25(13-23-21)11-19(26)24(3)10-17-5-4-8-28-17/h4-9,12-13H,10-11H2,1-3H3. The molecule has 0 saturated carbocycles. The first-order chi connectivity index (χ1) is 13.9. The summed E-state index contributed by atoms with van der Waals surface area (Å²) >= 11 is 3.06. The van der Waals surface area contributed by atoms with Crippen molar-refractivity contribution in [2.24, 2.45) is 0 Å². The monoisotopic (exact) mass is 423 g/mol. The average molecular weight is 424 g/mol. The van der Waals surface area contributed by atoms with Crippen molar-refractivity contribution in [2.75, 3.05) is 7.05 Å². The molecule has 0 saturated heterocycles. The molecule has 0 spiro atoms. The van der Waals surface area contributed by atoms with Gasteiger partial charge in [-0.3, -0.25) is 14.2 Å². The minimum atomic E-state index is -0.178. The van der Waals surface area contributed by atoms with Crippen molar-refractivity contribution in [1.29, 1.82) is 0 Å². The van der Waals surface area contributed by atoms with Gasteiger partial charge in [0.05, 0.1) is 18.3 Å². The van der Waals surface area contributed by atoms with Crippen LogP contribution in [0.1, 0.15) is 16.0 Å². The van der Waals surface area contributed by atoms with Gasteiger partial charge in [-0.25, -0.2) is 4.98 Å². The number of likely N-dealkylation sites (N-methyl/N-ethyl adjacent to an activating group) is 1. The van der Waals surface area contributed by atoms with E-state index < -0.39 is 0 Å². The molecule has 0 N–H and O–H groups in total. The van der Waals surface area contributed by atoms with Crippen molar-refractivity contribution in [3.05, 3.63) is 73.8 Å². The van der Waals surface area contributed by atoms with Crippen LogP contribution in [0.15, 0.2) is 52.2 Å². The molecule has 0 aliphatic carbocycles. The molecule has 0 radical (unpaired) electrons. The van der Waals surface area contributed by atoms with Gasteiger partial charge in [0.2, 0.25) is 5.91 Å². The van der Waals surface area contributed by atoms with Gasteiger partial charge in [-0.05, 0) is 42.0 Å². The summed E-state index contributed by atoms with van der Waals surface area (Å²) in [4.78, 5) is 33.7. The predicted octanol–water partition coefficient (Wildman–Crippen LogP) is 4.46. The summed E-state index contributed by atoms with van der Waals surface area (Å²) in [6.07, 6.45) is 1.47. The van der Waals surface area contributed by atoms with E-state index in [0.717, 1.165) is 16.0 Å². The highest BCUT2D eigenvalue weighted by Gasteiger charge is 2.17. The van der Waals surface area contributed by atoms with Crippen molar-refractivity contribution in [3.63, 3.8) is 0 Å². The van der Waals surface area contributed by atoms with Crippen LogP contribution in [0.3, 0.4) is 0 Å². The number of benzene rings is 1. The van der Waals surface area contributed by atoms with E-state index in [-0.39, 0.29) is 18.0 Å². The van der Waals surface area contributed by atoms with E-state index in [9.17, 15) is 9.59 Å². The van der Waals surface area contributed by atoms with Crippen LogP contribution in [-0.2, 0) is 17.9 Å². The summed E-state index contributed by atoms with van der Waals surface area (Å²) < 4.78 is 1.41. The maximum Gasteiger partial charge on any atom is 0.263 e. The van der Waals surface area contributed by atoms with Crippen molar-refractivity contribution < 1.29 is 4.79 Å². The zero-order valence-corrected chi connectivity index (χ0v) is 18.1. The van der Waals surface area contributed by atoms with E-state index in [2.05, 4.69) is 31.0 Å². The molecule has 0 aliphatic rings. The molecule has 148 valence electrons. The Labute approximate surface area is 176 Å². The zero-order chi connectivity index (χ0) is 20.5. The van der Waals surface area contributed by atoms with Gasteiger partial charge in [0, 0.05) is 22.9 Å². The number of aryl methyl sites for hydroxylation is 2. The Hall–Kier alpha value is -2.77. The number of amides is 1. The Morgan fingerprint density at radius 1 is 1.17 bits per heavy atom. The SMILES string of the molecule is Cc1ccc(-c2csc3ncn(CC(=O)N(C)Cc4cccs4)c(=O)c23)cc1C. The minimum Gasteiger partial charge on any atom is -0.339 e. The number of carbonyl (C=O) groups excluding carboxylic acids is 1. The van der Waals surface area contributed by atoms with Gasteiger partial charge in [0.15, 0.2) is 0 Å². The van der Waals surface area contributed by atoms with E-state index in [1.807, 2.05) is 29.0 Å². The number of nitrogens with zero attached hydrogens (tertiary/aromatic N) is 3. The molecule has 0 unspecified atom stereocenters. The van der Waals surface area contributed by atoms with Crippen LogP contribution >= 0.6 is 22.7 Å². The van der Waals surface area contributed by atoms with Crippen LogP contribution in [0.2, 0.25) is 0 Å². The second kappa shape index (κ2) is 7.93. The van der Waals surface area contributed by atoms with E-state index in [0.29, 0.717) is 16.8 Å². The second-order valence-electron chi connectivity index (χ2n) is 7.14. The lowest BCUT2D eigenvalue weighted by molar-refractivity contribution is -0.131. The highest BCUT2D eigenvalue weighted by atomic mass is 32.1. The molecule has 4 aromatic rings. The number of fused-ring (bicyclic) bond motifs is 1. The highest BCUT2D eigenvalue weighted by molar-refractivity contribution is 7.17. The van der Waals surface area contributed by atoms with Gasteiger partial charge in [-0.2, -0.15) is 0 Å². The van der Waals surface area contributed by atoms with Crippen LogP contribution in [0.4, 0.5) is 0 Å². The second-order valence-corrected chi connectivity index (χ2v) is 9.03. The third-order valence-electron chi connectivity index (χ3n) is 5.08. The molecule has 3 heterocycles. The van der Waals surface area contributed by atoms with Crippen molar-refractivity contribution in [2.45, 2.75) is 26.9 Å². The van der Waals surface area contributed by atoms with Crippen molar-refractivity contribution in [3.8, 4) is 11.1 Å². The number of rotatable bonds is 5. The number of hydrogen-bond acceptors (Lipinski definition) is 5. The molecule has 0 fully saturated rings. The molecular weight excluding hydrogens is 402 g/mol. The number of hydrogen-bond donors (Lipinski definition) is 0. The number of aromatic nitrogens is 2. The maximum absolute atomic E-state index is 13.2. The zero-order valence-electron chi connectivity index (χ0n) is 16.5. The highest BCUT2D eigenvalue weighted by Crippen LogP contribution is 2.31. The molecule has 29 heavy (non-hydrogen) atoms. The first-order valence-corrected chi connectivity index (χ1v) is 11.0. The summed E-state index contributed by atoms with van der Waals surface area (Å²) in [6, 6.07) is 10.1. The molecule has 1 amide bonds. The van der Waals surface area contributed by atoms with Gasteiger partial charge in [-0.15, -0.1) is 22.7 Å². The van der Waals surface area contributed by atoms with Crippen LogP contribution in [0.25, 0.3) is 21.3 Å². The Morgan fingerprint density at radius 3 is 2.72 bits per heavy atom. The minimum absolute atomic E-state index is 0.0220. The lowest BCUT2D eigenvalue weighted by Crippen LogP contribution is -2.33. The van der Waals surface area contributed by atoms with E-state index in [1.54, 1.807) is 23.3 Å². The third kappa shape index (κ3) is 3.88. The van der Waals surface area contributed by atoms with Crippen LogP contribution < -0.4 is 5.56 Å². The fourth-order valence-electron chi connectivity index (χ4n) is 3.19. The summed E-state index contributed by atoms with van der Waals surface area (Å²) in [5, 5.41) is 4.54. The summed E-state index contributed by atoms with van der Waals surface area (Å²) in [5.74, 6) is -0.121.